The van der Waals surface area contributed by atoms with Gasteiger partial charge in [-0.1, -0.05) is 0 Å². The molecule has 0 aromatic carbocycles. The van der Waals surface area contributed by atoms with Crippen LogP contribution in [0.4, 0.5) is 0 Å². The number of hydrogen-bond acceptors (Lipinski definition) is 8. The zero-order chi connectivity index (χ0) is 21.9. The van der Waals surface area contributed by atoms with E-state index in [1.807, 2.05) is 0 Å². The van der Waals surface area contributed by atoms with Crippen LogP contribution in [0.2, 0.25) is 0 Å². The molecule has 2 aliphatic heterocycles. The fourth-order valence-corrected chi connectivity index (χ4v) is 14.5. The molecule has 0 N–H and O–H groups in total. The second-order valence-corrected chi connectivity index (χ2v) is 15.8. The molecule has 0 aliphatic carbocycles. The number of nitrogens with zero attached hydrogens (tertiary/aromatic N) is 4. The third-order valence-electron chi connectivity index (χ3n) is 6.32. The average molecular weight is 515 g/mol. The number of rotatable bonds is 16. The normalized spacial score (nSPS) is 20.4. The number of methoxy groups -OCH3 is 4. The molecule has 0 aromatic rings. The molecule has 0 radical (unpaired) electrons. The number of halogens is 1. The van der Waals surface area contributed by atoms with Crippen LogP contribution < -0.4 is 0 Å². The maximum absolute atomic E-state index is 5.57. The molecule has 10 heteroatoms. The van der Waals surface area contributed by atoms with Crippen molar-refractivity contribution in [3.05, 3.63) is 0 Å². The van der Waals surface area contributed by atoms with Gasteiger partial charge in [-0.05, 0) is 0 Å². The molecule has 2 heterocycles. The van der Waals surface area contributed by atoms with Gasteiger partial charge < -0.3 is 0 Å². The van der Waals surface area contributed by atoms with Crippen LogP contribution in [0.3, 0.4) is 0 Å². The van der Waals surface area contributed by atoms with Gasteiger partial charge in [-0.25, -0.2) is 0 Å². The standard InChI is InChI=1S/C20H44BrN4O4P/c1-26-17-13-24(14-18-27-2)30(21,22-9-5-6-10-22,23-11-7-8-12-23)25(15-19-28-3)16-20-29-4/h5-20H2,1-4H3. The van der Waals surface area contributed by atoms with Gasteiger partial charge in [-0.2, -0.15) is 0 Å². The van der Waals surface area contributed by atoms with E-state index in [0.717, 1.165) is 52.4 Å². The van der Waals surface area contributed by atoms with Crippen LogP contribution in [-0.4, -0.2) is 126 Å². The third kappa shape index (κ3) is 5.56. The van der Waals surface area contributed by atoms with Crippen molar-refractivity contribution in [3.63, 3.8) is 0 Å². The van der Waals surface area contributed by atoms with Crippen molar-refractivity contribution < 1.29 is 18.9 Å². The molecular weight excluding hydrogens is 471 g/mol. The van der Waals surface area contributed by atoms with Crippen LogP contribution in [0.25, 0.3) is 0 Å². The summed E-state index contributed by atoms with van der Waals surface area (Å²) >= 11 is 4.61. The van der Waals surface area contributed by atoms with Crippen molar-refractivity contribution in [2.24, 2.45) is 0 Å². The van der Waals surface area contributed by atoms with E-state index < -0.39 is 5.91 Å². The molecule has 0 bridgehead atoms. The summed E-state index contributed by atoms with van der Waals surface area (Å²) < 4.78 is 33.1. The zero-order valence-corrected chi connectivity index (χ0v) is 22.0. The van der Waals surface area contributed by atoms with E-state index in [1.165, 1.54) is 25.7 Å². The molecule has 0 aromatic heterocycles. The Bertz CT molecular complexity index is 426. The first-order valence-corrected chi connectivity index (χ1v) is 15.4. The predicted octanol–water partition coefficient (Wildman–Crippen LogP) is 2.89. The maximum atomic E-state index is 5.57. The second-order valence-electron chi connectivity index (χ2n) is 8.04. The molecule has 2 saturated heterocycles. The van der Waals surface area contributed by atoms with Crippen LogP contribution in [-0.2, 0) is 18.9 Å². The first-order valence-electron chi connectivity index (χ1n) is 11.3. The molecule has 8 nitrogen and oxygen atoms in total. The van der Waals surface area contributed by atoms with Crippen LogP contribution in [0.1, 0.15) is 25.7 Å². The molecule has 180 valence electrons. The molecule has 2 fully saturated rings. The molecule has 30 heavy (non-hydrogen) atoms. The van der Waals surface area contributed by atoms with Gasteiger partial charge in [0.2, 0.25) is 0 Å². The van der Waals surface area contributed by atoms with Gasteiger partial charge in [0.1, 0.15) is 0 Å². The van der Waals surface area contributed by atoms with Crippen LogP contribution in [0.15, 0.2) is 0 Å². The Morgan fingerprint density at radius 1 is 0.600 bits per heavy atom. The van der Waals surface area contributed by atoms with E-state index >= 15 is 0 Å². The SMILES string of the molecule is COCCN(CCOC)P(Br)(N1CCCC1)(N1CCCC1)N(CCOC)CCOC. The molecule has 0 atom stereocenters. The second kappa shape index (κ2) is 13.3. The summed E-state index contributed by atoms with van der Waals surface area (Å²) in [4.78, 5) is 0. The number of ether oxygens (including phenoxy) is 4. The summed E-state index contributed by atoms with van der Waals surface area (Å²) in [6, 6.07) is 0. The van der Waals surface area contributed by atoms with Crippen LogP contribution >= 0.6 is 21.4 Å². The average Bonchev–Trinajstić information content (AvgIpc) is 3.48. The van der Waals surface area contributed by atoms with E-state index in [4.69, 9.17) is 18.9 Å². The predicted molar refractivity (Wildman–Crippen MR) is 128 cm³/mol. The summed E-state index contributed by atoms with van der Waals surface area (Å²) in [5.74, 6) is -3.03. The Hall–Kier alpha value is 0.590. The zero-order valence-electron chi connectivity index (χ0n) is 19.6. The summed E-state index contributed by atoms with van der Waals surface area (Å²) in [5, 5.41) is 0. The van der Waals surface area contributed by atoms with Crippen molar-refractivity contribution in [1.82, 2.24) is 18.7 Å². The van der Waals surface area contributed by atoms with Gasteiger partial charge in [0.15, 0.2) is 0 Å². The third-order valence-corrected chi connectivity index (χ3v) is 17.2. The molecule has 0 spiro atoms. The summed E-state index contributed by atoms with van der Waals surface area (Å²) in [6.45, 7) is 10.6. The monoisotopic (exact) mass is 514 g/mol. The fraction of sp³-hybridized carbons (Fsp3) is 1.00. The summed E-state index contributed by atoms with van der Waals surface area (Å²) in [7, 11) is 7.15. The van der Waals surface area contributed by atoms with Crippen molar-refractivity contribution in [3.8, 4) is 0 Å². The molecule has 0 saturated carbocycles. The van der Waals surface area contributed by atoms with Crippen molar-refractivity contribution in [2.75, 3.05) is 107 Å². The minimum atomic E-state index is -3.03. The Morgan fingerprint density at radius 2 is 0.867 bits per heavy atom. The molecule has 2 aliphatic rings. The molecule has 2 rings (SSSR count). The first kappa shape index (κ1) is 26.8. The van der Waals surface area contributed by atoms with Gasteiger partial charge in [-0.3, -0.25) is 0 Å². The molecular formula is C20H44BrN4O4P. The van der Waals surface area contributed by atoms with Crippen molar-refractivity contribution in [1.29, 1.82) is 0 Å². The Morgan fingerprint density at radius 3 is 1.10 bits per heavy atom. The van der Waals surface area contributed by atoms with Gasteiger partial charge in [-0.15, -0.1) is 0 Å². The van der Waals surface area contributed by atoms with Crippen LogP contribution in [0, 0.1) is 0 Å². The van der Waals surface area contributed by atoms with E-state index in [9.17, 15) is 0 Å². The fourth-order valence-electron chi connectivity index (χ4n) is 4.86. The van der Waals surface area contributed by atoms with Gasteiger partial charge >= 0.3 is 192 Å². The summed E-state index contributed by atoms with van der Waals surface area (Å²) in [5.41, 5.74) is 0. The van der Waals surface area contributed by atoms with Crippen LogP contribution in [0.5, 0.6) is 0 Å². The van der Waals surface area contributed by atoms with Gasteiger partial charge in [0.25, 0.3) is 0 Å². The van der Waals surface area contributed by atoms with E-state index in [1.54, 1.807) is 28.4 Å². The topological polar surface area (TPSA) is 49.9 Å². The number of hydrogen-bond donors (Lipinski definition) is 0. The Labute approximate surface area is 192 Å². The minimum absolute atomic E-state index is 0.692. The van der Waals surface area contributed by atoms with Crippen molar-refractivity contribution in [2.45, 2.75) is 25.7 Å². The summed E-state index contributed by atoms with van der Waals surface area (Å²) in [6.07, 6.45) is 4.95. The van der Waals surface area contributed by atoms with Crippen molar-refractivity contribution >= 4 is 21.4 Å². The Balaban J connectivity index is 2.61. The first-order chi connectivity index (χ1) is 14.6. The van der Waals surface area contributed by atoms with E-state index in [-0.39, 0.29) is 0 Å². The van der Waals surface area contributed by atoms with E-state index in [2.05, 4.69) is 34.2 Å². The van der Waals surface area contributed by atoms with Gasteiger partial charge in [0.05, 0.1) is 0 Å². The van der Waals surface area contributed by atoms with E-state index in [0.29, 0.717) is 26.4 Å². The molecule has 0 amide bonds. The quantitative estimate of drug-likeness (QED) is 0.291. The molecule has 0 unspecified atom stereocenters. The Kier molecular flexibility index (Phi) is 11.9. The van der Waals surface area contributed by atoms with Gasteiger partial charge in [0, 0.05) is 0 Å².